The minimum atomic E-state index is -0.303. The van der Waals surface area contributed by atoms with Gasteiger partial charge in [0.05, 0.1) is 11.6 Å². The van der Waals surface area contributed by atoms with E-state index in [0.29, 0.717) is 23.0 Å². The average Bonchev–Trinajstić information content (AvgIpc) is 2.55. The van der Waals surface area contributed by atoms with Crippen molar-refractivity contribution in [1.82, 2.24) is 4.98 Å². The van der Waals surface area contributed by atoms with E-state index >= 15 is 0 Å². The third kappa shape index (κ3) is 4.06. The number of anilines is 2. The Morgan fingerprint density at radius 3 is 2.86 bits per heavy atom. The average molecular weight is 294 g/mol. The molecule has 0 saturated heterocycles. The van der Waals surface area contributed by atoms with Crippen molar-refractivity contribution in [2.24, 2.45) is 0 Å². The number of nitrogens with one attached hydrogen (secondary N) is 2. The number of carbonyl (C=O) groups is 1. The summed E-state index contributed by atoms with van der Waals surface area (Å²) in [4.78, 5) is 16.3. The summed E-state index contributed by atoms with van der Waals surface area (Å²) in [5.41, 5.74) is 2.26. The fourth-order valence-electron chi connectivity index (χ4n) is 1.89. The fourth-order valence-corrected chi connectivity index (χ4v) is 1.89. The maximum atomic E-state index is 12.2. The second-order valence-corrected chi connectivity index (χ2v) is 5.03. The summed E-state index contributed by atoms with van der Waals surface area (Å²) < 4.78 is 0. The molecule has 2 aromatic rings. The zero-order chi connectivity index (χ0) is 15.9. The lowest BCUT2D eigenvalue weighted by Gasteiger charge is -2.13. The number of rotatable bonds is 5. The maximum Gasteiger partial charge on any atom is 0.274 e. The molecule has 0 aliphatic rings. The number of hydrogen-bond acceptors (Lipinski definition) is 4. The van der Waals surface area contributed by atoms with Crippen LogP contribution in [0.3, 0.4) is 0 Å². The molecule has 0 radical (unpaired) electrons. The number of amides is 1. The Balaban J connectivity index is 2.12. The summed E-state index contributed by atoms with van der Waals surface area (Å²) >= 11 is 0. The van der Waals surface area contributed by atoms with Crippen molar-refractivity contribution in [2.75, 3.05) is 10.6 Å². The van der Waals surface area contributed by atoms with E-state index in [1.165, 1.54) is 0 Å². The first-order chi connectivity index (χ1) is 10.6. The SMILES string of the molecule is CCC(C)Nc1ccnc(C(=O)Nc2cccc(C#N)c2)c1. The Hall–Kier alpha value is -2.87. The van der Waals surface area contributed by atoms with E-state index < -0.39 is 0 Å². The Kier molecular flexibility index (Phi) is 5.10. The Morgan fingerprint density at radius 1 is 1.32 bits per heavy atom. The lowest BCUT2D eigenvalue weighted by molar-refractivity contribution is 0.102. The van der Waals surface area contributed by atoms with Crippen LogP contribution >= 0.6 is 0 Å². The molecule has 22 heavy (non-hydrogen) atoms. The molecule has 1 aromatic carbocycles. The maximum absolute atomic E-state index is 12.2. The quantitative estimate of drug-likeness (QED) is 0.885. The molecule has 1 atom stereocenters. The molecule has 0 bridgehead atoms. The lowest BCUT2D eigenvalue weighted by atomic mass is 10.2. The summed E-state index contributed by atoms with van der Waals surface area (Å²) in [5, 5.41) is 14.9. The van der Waals surface area contributed by atoms with Crippen LogP contribution < -0.4 is 10.6 Å². The van der Waals surface area contributed by atoms with Gasteiger partial charge in [-0.25, -0.2) is 0 Å². The minimum absolute atomic E-state index is 0.303. The molecule has 1 aromatic heterocycles. The summed E-state index contributed by atoms with van der Waals surface area (Å²) in [5.74, 6) is -0.303. The van der Waals surface area contributed by atoms with E-state index in [9.17, 15) is 4.79 Å². The molecule has 0 aliphatic heterocycles. The highest BCUT2D eigenvalue weighted by atomic mass is 16.1. The van der Waals surface area contributed by atoms with E-state index in [4.69, 9.17) is 5.26 Å². The molecule has 1 unspecified atom stereocenters. The van der Waals surface area contributed by atoms with Crippen molar-refractivity contribution in [2.45, 2.75) is 26.3 Å². The van der Waals surface area contributed by atoms with Gasteiger partial charge in [0.15, 0.2) is 0 Å². The predicted molar refractivity (Wildman–Crippen MR) is 86.7 cm³/mol. The van der Waals surface area contributed by atoms with Crippen molar-refractivity contribution in [3.8, 4) is 6.07 Å². The first kappa shape index (κ1) is 15.5. The van der Waals surface area contributed by atoms with E-state index in [1.54, 1.807) is 36.5 Å². The van der Waals surface area contributed by atoms with Gasteiger partial charge < -0.3 is 10.6 Å². The molecule has 5 heteroatoms. The zero-order valence-electron chi connectivity index (χ0n) is 12.6. The van der Waals surface area contributed by atoms with Crippen LogP contribution in [0.25, 0.3) is 0 Å². The largest absolute Gasteiger partial charge is 0.382 e. The number of carbonyl (C=O) groups excluding carboxylic acids is 1. The Morgan fingerprint density at radius 2 is 2.14 bits per heavy atom. The highest BCUT2D eigenvalue weighted by molar-refractivity contribution is 6.03. The topological polar surface area (TPSA) is 77.8 Å². The van der Waals surface area contributed by atoms with Crippen molar-refractivity contribution >= 4 is 17.3 Å². The first-order valence-electron chi connectivity index (χ1n) is 7.16. The molecule has 5 nitrogen and oxygen atoms in total. The zero-order valence-corrected chi connectivity index (χ0v) is 12.6. The second kappa shape index (κ2) is 7.23. The minimum Gasteiger partial charge on any atom is -0.382 e. The van der Waals surface area contributed by atoms with Gasteiger partial charge in [0.25, 0.3) is 5.91 Å². The lowest BCUT2D eigenvalue weighted by Crippen LogP contribution is -2.16. The van der Waals surface area contributed by atoms with Crippen LogP contribution in [0, 0.1) is 11.3 Å². The summed E-state index contributed by atoms with van der Waals surface area (Å²) in [6, 6.07) is 12.7. The molecule has 112 valence electrons. The van der Waals surface area contributed by atoms with Crippen LogP contribution in [0.5, 0.6) is 0 Å². The van der Waals surface area contributed by atoms with Gasteiger partial charge in [0.2, 0.25) is 0 Å². The van der Waals surface area contributed by atoms with Gasteiger partial charge in [0, 0.05) is 23.6 Å². The molecule has 1 amide bonds. The Bertz CT molecular complexity index is 706. The van der Waals surface area contributed by atoms with E-state index in [-0.39, 0.29) is 5.91 Å². The third-order valence-corrected chi connectivity index (χ3v) is 3.27. The van der Waals surface area contributed by atoms with Crippen LogP contribution in [0.1, 0.15) is 36.3 Å². The first-order valence-corrected chi connectivity index (χ1v) is 7.16. The van der Waals surface area contributed by atoms with Gasteiger partial charge >= 0.3 is 0 Å². The monoisotopic (exact) mass is 294 g/mol. The number of nitriles is 1. The van der Waals surface area contributed by atoms with E-state index in [0.717, 1.165) is 12.1 Å². The van der Waals surface area contributed by atoms with Gasteiger partial charge in [-0.1, -0.05) is 13.0 Å². The van der Waals surface area contributed by atoms with Crippen molar-refractivity contribution < 1.29 is 4.79 Å². The number of hydrogen-bond donors (Lipinski definition) is 2. The smallest absolute Gasteiger partial charge is 0.274 e. The molecule has 2 rings (SSSR count). The van der Waals surface area contributed by atoms with Gasteiger partial charge in [0.1, 0.15) is 5.69 Å². The molecular weight excluding hydrogens is 276 g/mol. The van der Waals surface area contributed by atoms with Crippen LogP contribution in [-0.2, 0) is 0 Å². The Labute approximate surface area is 130 Å². The molecule has 0 fully saturated rings. The molecular formula is C17H18N4O. The van der Waals surface area contributed by atoms with Gasteiger partial charge in [-0.3, -0.25) is 9.78 Å². The van der Waals surface area contributed by atoms with E-state index in [2.05, 4.69) is 29.5 Å². The normalized spacial score (nSPS) is 11.3. The van der Waals surface area contributed by atoms with Gasteiger partial charge in [-0.15, -0.1) is 0 Å². The summed E-state index contributed by atoms with van der Waals surface area (Å²) in [7, 11) is 0. The summed E-state index contributed by atoms with van der Waals surface area (Å²) in [6.45, 7) is 4.17. The molecule has 1 heterocycles. The third-order valence-electron chi connectivity index (χ3n) is 3.27. The van der Waals surface area contributed by atoms with Crippen molar-refractivity contribution in [3.63, 3.8) is 0 Å². The fraction of sp³-hybridized carbons (Fsp3) is 0.235. The number of benzene rings is 1. The van der Waals surface area contributed by atoms with Crippen molar-refractivity contribution in [3.05, 3.63) is 53.9 Å². The second-order valence-electron chi connectivity index (χ2n) is 5.03. The van der Waals surface area contributed by atoms with Gasteiger partial charge in [-0.05, 0) is 43.7 Å². The van der Waals surface area contributed by atoms with E-state index in [1.807, 2.05) is 12.1 Å². The molecule has 0 spiro atoms. The predicted octanol–water partition coefficient (Wildman–Crippen LogP) is 3.42. The molecule has 2 N–H and O–H groups in total. The van der Waals surface area contributed by atoms with Crippen LogP contribution in [-0.4, -0.2) is 16.9 Å². The number of aromatic nitrogens is 1. The number of pyridine rings is 1. The van der Waals surface area contributed by atoms with Crippen LogP contribution in [0.2, 0.25) is 0 Å². The van der Waals surface area contributed by atoms with Crippen LogP contribution in [0.15, 0.2) is 42.6 Å². The summed E-state index contributed by atoms with van der Waals surface area (Å²) in [6.07, 6.45) is 2.59. The van der Waals surface area contributed by atoms with Gasteiger partial charge in [-0.2, -0.15) is 5.26 Å². The highest BCUT2D eigenvalue weighted by Gasteiger charge is 2.09. The standard InChI is InChI=1S/C17H18N4O/c1-3-12(2)20-15-7-8-19-16(10-15)17(22)21-14-6-4-5-13(9-14)11-18/h4-10,12H,3H2,1-2H3,(H,19,20)(H,21,22). The van der Waals surface area contributed by atoms with Crippen molar-refractivity contribution in [1.29, 1.82) is 5.26 Å². The highest BCUT2D eigenvalue weighted by Crippen LogP contribution is 2.14. The molecule has 0 saturated carbocycles. The molecule has 0 aliphatic carbocycles. The van der Waals surface area contributed by atoms with Crippen LogP contribution in [0.4, 0.5) is 11.4 Å². The number of nitrogens with zero attached hydrogens (tertiary/aromatic N) is 2.